The maximum atomic E-state index is 12.5. The van der Waals surface area contributed by atoms with E-state index in [1.54, 1.807) is 36.4 Å². The third kappa shape index (κ3) is 4.96. The van der Waals surface area contributed by atoms with Gasteiger partial charge in [-0.25, -0.2) is 4.79 Å². The number of imide groups is 1. The van der Waals surface area contributed by atoms with Gasteiger partial charge in [0, 0.05) is 30.0 Å². The largest absolute Gasteiger partial charge is 0.326 e. The number of carbonyl (C=O) groups is 4. The molecule has 1 saturated carbocycles. The number of carbonyl (C=O) groups excluding carboxylic acids is 4. The molecule has 2 aromatic rings. The minimum atomic E-state index is -0.367. The summed E-state index contributed by atoms with van der Waals surface area (Å²) in [5.41, 5.74) is 1.83. The molecule has 3 N–H and O–H groups in total. The molecule has 1 aliphatic carbocycles. The van der Waals surface area contributed by atoms with Crippen molar-refractivity contribution in [2.45, 2.75) is 32.1 Å². The van der Waals surface area contributed by atoms with Crippen LogP contribution in [0.5, 0.6) is 0 Å². The Morgan fingerprint density at radius 1 is 0.750 bits per heavy atom. The maximum Gasteiger partial charge on any atom is 0.323 e. The summed E-state index contributed by atoms with van der Waals surface area (Å²) in [6, 6.07) is 15.4. The number of nitrogens with one attached hydrogen (secondary N) is 3. The molecule has 0 aromatic heterocycles. The first kappa shape index (κ1) is 21.5. The van der Waals surface area contributed by atoms with Crippen molar-refractivity contribution in [2.75, 3.05) is 22.5 Å². The topological polar surface area (TPSA) is 108 Å². The van der Waals surface area contributed by atoms with Crippen molar-refractivity contribution in [3.63, 3.8) is 0 Å². The highest BCUT2D eigenvalue weighted by atomic mass is 16.2. The number of hydrogen-bond acceptors (Lipinski definition) is 4. The zero-order valence-corrected chi connectivity index (χ0v) is 17.7. The lowest BCUT2D eigenvalue weighted by atomic mass is 9.81. The molecule has 2 aromatic carbocycles. The summed E-state index contributed by atoms with van der Waals surface area (Å²) < 4.78 is 0. The van der Waals surface area contributed by atoms with Gasteiger partial charge in [0.2, 0.25) is 17.7 Å². The predicted octanol–water partition coefficient (Wildman–Crippen LogP) is 3.83. The van der Waals surface area contributed by atoms with Crippen LogP contribution < -0.4 is 16.0 Å². The molecule has 5 amide bonds. The van der Waals surface area contributed by atoms with Crippen LogP contribution in [0.2, 0.25) is 0 Å². The number of anilines is 3. The Morgan fingerprint density at radius 3 is 1.81 bits per heavy atom. The summed E-state index contributed by atoms with van der Waals surface area (Å²) in [5.74, 6) is -0.923. The van der Waals surface area contributed by atoms with Gasteiger partial charge in [-0.1, -0.05) is 31.0 Å². The minimum Gasteiger partial charge on any atom is -0.326 e. The highest BCUT2D eigenvalue weighted by molar-refractivity contribution is 6.05. The first-order valence-electron chi connectivity index (χ1n) is 10.9. The molecule has 0 radical (unpaired) electrons. The Morgan fingerprint density at radius 2 is 1.25 bits per heavy atom. The zero-order chi connectivity index (χ0) is 22.5. The van der Waals surface area contributed by atoms with Gasteiger partial charge in [-0.3, -0.25) is 19.3 Å². The van der Waals surface area contributed by atoms with Gasteiger partial charge in [0.05, 0.1) is 11.8 Å². The molecule has 1 saturated heterocycles. The van der Waals surface area contributed by atoms with E-state index in [-0.39, 0.29) is 48.6 Å². The summed E-state index contributed by atoms with van der Waals surface area (Å²) in [7, 11) is 0. The molecular formula is C24H26N4O4. The molecule has 1 heterocycles. The zero-order valence-electron chi connectivity index (χ0n) is 17.7. The number of para-hydroxylation sites is 1. The molecule has 4 rings (SSSR count). The number of nitrogens with zero attached hydrogens (tertiary/aromatic N) is 1. The first-order chi connectivity index (χ1) is 15.5. The summed E-state index contributed by atoms with van der Waals surface area (Å²) in [6.07, 6.45) is 3.54. The summed E-state index contributed by atoms with van der Waals surface area (Å²) >= 11 is 0. The van der Waals surface area contributed by atoms with Crippen molar-refractivity contribution in [3.05, 3.63) is 54.6 Å². The highest BCUT2D eigenvalue weighted by Gasteiger charge is 2.47. The smallest absolute Gasteiger partial charge is 0.323 e. The number of fused-ring (bicyclic) bond motifs is 1. The molecule has 1 aliphatic heterocycles. The average molecular weight is 434 g/mol. The molecule has 8 nitrogen and oxygen atoms in total. The van der Waals surface area contributed by atoms with Gasteiger partial charge in [0.1, 0.15) is 0 Å². The second-order valence-corrected chi connectivity index (χ2v) is 8.15. The summed E-state index contributed by atoms with van der Waals surface area (Å²) in [4.78, 5) is 50.6. The standard InChI is InChI=1S/C24H26N4O4/c29-21(14-15-28-22(30)19-8-4-5-9-20(19)23(28)31)25-17-10-12-18(13-11-17)27-24(32)26-16-6-2-1-3-7-16/h1-3,6-7,10-13,19-20H,4-5,8-9,14-15H2,(H,25,29)(H2,26,27,32). The number of likely N-dealkylation sites (tertiary alicyclic amines) is 1. The summed E-state index contributed by atoms with van der Waals surface area (Å²) in [5, 5.41) is 8.21. The lowest BCUT2D eigenvalue weighted by molar-refractivity contribution is -0.140. The Bertz CT molecular complexity index is 982. The SMILES string of the molecule is O=C(CCN1C(=O)C2CCCCC2C1=O)Nc1ccc(NC(=O)Nc2ccccc2)cc1. The Labute approximate surface area is 186 Å². The number of benzene rings is 2. The fourth-order valence-corrected chi connectivity index (χ4v) is 4.34. The van der Waals surface area contributed by atoms with Gasteiger partial charge >= 0.3 is 6.03 Å². The van der Waals surface area contributed by atoms with E-state index < -0.39 is 0 Å². The quantitative estimate of drug-likeness (QED) is 0.601. The van der Waals surface area contributed by atoms with Crippen LogP contribution in [0.3, 0.4) is 0 Å². The molecule has 0 spiro atoms. The van der Waals surface area contributed by atoms with Crippen LogP contribution in [0.4, 0.5) is 21.9 Å². The number of urea groups is 1. The van der Waals surface area contributed by atoms with Crippen LogP contribution in [0, 0.1) is 11.8 Å². The second kappa shape index (κ2) is 9.64. The molecule has 2 aliphatic rings. The third-order valence-electron chi connectivity index (χ3n) is 5.95. The maximum absolute atomic E-state index is 12.5. The van der Waals surface area contributed by atoms with E-state index in [4.69, 9.17) is 0 Å². The molecule has 2 fully saturated rings. The molecule has 32 heavy (non-hydrogen) atoms. The molecular weight excluding hydrogens is 408 g/mol. The fourth-order valence-electron chi connectivity index (χ4n) is 4.34. The molecule has 166 valence electrons. The van der Waals surface area contributed by atoms with Crippen LogP contribution in [-0.4, -0.2) is 35.2 Å². The van der Waals surface area contributed by atoms with E-state index in [9.17, 15) is 19.2 Å². The van der Waals surface area contributed by atoms with E-state index in [1.807, 2.05) is 18.2 Å². The van der Waals surface area contributed by atoms with E-state index in [1.165, 1.54) is 4.90 Å². The van der Waals surface area contributed by atoms with Crippen LogP contribution in [0.25, 0.3) is 0 Å². The summed E-state index contributed by atoms with van der Waals surface area (Å²) in [6.45, 7) is 0.107. The molecule has 2 atom stereocenters. The van der Waals surface area contributed by atoms with Crippen molar-refractivity contribution in [2.24, 2.45) is 11.8 Å². The lowest BCUT2D eigenvalue weighted by Crippen LogP contribution is -2.34. The molecule has 0 bridgehead atoms. The highest BCUT2D eigenvalue weighted by Crippen LogP contribution is 2.38. The van der Waals surface area contributed by atoms with Crippen LogP contribution in [-0.2, 0) is 14.4 Å². The van der Waals surface area contributed by atoms with Gasteiger partial charge in [-0.2, -0.15) is 0 Å². The van der Waals surface area contributed by atoms with Crippen molar-refractivity contribution in [3.8, 4) is 0 Å². The van der Waals surface area contributed by atoms with Gasteiger partial charge in [-0.15, -0.1) is 0 Å². The van der Waals surface area contributed by atoms with E-state index in [2.05, 4.69) is 16.0 Å². The number of amides is 5. The monoisotopic (exact) mass is 434 g/mol. The predicted molar refractivity (Wildman–Crippen MR) is 121 cm³/mol. The van der Waals surface area contributed by atoms with E-state index in [0.29, 0.717) is 17.1 Å². The average Bonchev–Trinajstić information content (AvgIpc) is 3.04. The third-order valence-corrected chi connectivity index (χ3v) is 5.95. The molecule has 8 heteroatoms. The van der Waals surface area contributed by atoms with Crippen molar-refractivity contribution in [1.29, 1.82) is 0 Å². The molecule has 2 unspecified atom stereocenters. The Hall–Kier alpha value is -3.68. The van der Waals surface area contributed by atoms with Gasteiger partial charge in [-0.05, 0) is 49.2 Å². The Kier molecular flexibility index (Phi) is 6.49. The van der Waals surface area contributed by atoms with Gasteiger partial charge < -0.3 is 16.0 Å². The normalized spacial score (nSPS) is 19.9. The fraction of sp³-hybridized carbons (Fsp3) is 0.333. The number of hydrogen-bond donors (Lipinski definition) is 3. The van der Waals surface area contributed by atoms with Crippen molar-refractivity contribution in [1.82, 2.24) is 4.90 Å². The minimum absolute atomic E-state index is 0.0520. The van der Waals surface area contributed by atoms with E-state index in [0.717, 1.165) is 25.7 Å². The number of rotatable bonds is 6. The van der Waals surface area contributed by atoms with Crippen LogP contribution in [0.1, 0.15) is 32.1 Å². The van der Waals surface area contributed by atoms with Crippen molar-refractivity contribution >= 4 is 40.8 Å². The lowest BCUT2D eigenvalue weighted by Gasteiger charge is -2.19. The van der Waals surface area contributed by atoms with Gasteiger partial charge in [0.25, 0.3) is 0 Å². The Balaban J connectivity index is 1.24. The second-order valence-electron chi connectivity index (χ2n) is 8.15. The van der Waals surface area contributed by atoms with E-state index >= 15 is 0 Å². The van der Waals surface area contributed by atoms with Crippen molar-refractivity contribution < 1.29 is 19.2 Å². The van der Waals surface area contributed by atoms with Crippen LogP contribution >= 0.6 is 0 Å². The first-order valence-corrected chi connectivity index (χ1v) is 10.9. The van der Waals surface area contributed by atoms with Crippen LogP contribution in [0.15, 0.2) is 54.6 Å². The van der Waals surface area contributed by atoms with Gasteiger partial charge in [0.15, 0.2) is 0 Å².